The van der Waals surface area contributed by atoms with Crippen LogP contribution < -0.4 is 10.6 Å². The Bertz CT molecular complexity index is 303. The van der Waals surface area contributed by atoms with E-state index in [0.29, 0.717) is 0 Å². The fourth-order valence-corrected chi connectivity index (χ4v) is 1.05. The van der Waals surface area contributed by atoms with Crippen LogP contribution in [-0.2, 0) is 4.74 Å². The molecule has 0 fully saturated rings. The van der Waals surface area contributed by atoms with Crippen LogP contribution in [0.2, 0.25) is 0 Å². The smallest absolute Gasteiger partial charge is 0.318 e. The van der Waals surface area contributed by atoms with Gasteiger partial charge < -0.3 is 15.4 Å². The summed E-state index contributed by atoms with van der Waals surface area (Å²) in [6.45, 7) is 0. The van der Waals surface area contributed by atoms with Crippen molar-refractivity contribution >= 4 is 6.03 Å². The molecule has 0 spiro atoms. The molecule has 0 unspecified atom stereocenters. The monoisotopic (exact) mass is 194 g/mol. The number of urea groups is 1. The largest absolute Gasteiger partial charge is 0.497 e. The SMILES string of the molecule is CNC(=O)NC1=CCC=C(OC)C=C1. The number of amides is 2. The predicted octanol–water partition coefficient (Wildman–Crippen LogP) is 1.29. The van der Waals surface area contributed by atoms with E-state index in [-0.39, 0.29) is 6.03 Å². The van der Waals surface area contributed by atoms with E-state index in [9.17, 15) is 4.79 Å². The summed E-state index contributed by atoms with van der Waals surface area (Å²) in [7, 11) is 3.20. The Kier molecular flexibility index (Phi) is 3.79. The van der Waals surface area contributed by atoms with Crippen LogP contribution in [-0.4, -0.2) is 20.2 Å². The number of carbonyl (C=O) groups excluding carboxylic acids is 1. The van der Waals surface area contributed by atoms with Crippen molar-refractivity contribution < 1.29 is 9.53 Å². The van der Waals surface area contributed by atoms with Gasteiger partial charge in [-0.3, -0.25) is 0 Å². The summed E-state index contributed by atoms with van der Waals surface area (Å²) in [6, 6.07) is -0.221. The van der Waals surface area contributed by atoms with Crippen LogP contribution in [0.1, 0.15) is 6.42 Å². The van der Waals surface area contributed by atoms with E-state index in [2.05, 4.69) is 10.6 Å². The number of hydrogen-bond donors (Lipinski definition) is 2. The zero-order chi connectivity index (χ0) is 10.4. The number of allylic oxidation sites excluding steroid dienone is 4. The Balaban J connectivity index is 2.58. The quantitative estimate of drug-likeness (QED) is 0.696. The molecular weight excluding hydrogens is 180 g/mol. The highest BCUT2D eigenvalue weighted by Crippen LogP contribution is 2.08. The number of nitrogens with one attached hydrogen (secondary N) is 2. The molecule has 0 bridgehead atoms. The first-order valence-corrected chi connectivity index (χ1v) is 4.37. The zero-order valence-corrected chi connectivity index (χ0v) is 8.33. The standard InChI is InChI=1S/C10H14N2O2/c1-11-10(13)12-8-4-3-5-9(14-2)7-6-8/h4-7H,3H2,1-2H3,(H2,11,12,13). The van der Waals surface area contributed by atoms with Gasteiger partial charge in [0.15, 0.2) is 0 Å². The van der Waals surface area contributed by atoms with Crippen molar-refractivity contribution in [1.29, 1.82) is 0 Å². The van der Waals surface area contributed by atoms with E-state index < -0.39 is 0 Å². The Morgan fingerprint density at radius 2 is 2.21 bits per heavy atom. The molecule has 0 aromatic carbocycles. The minimum absolute atomic E-state index is 0.221. The summed E-state index contributed by atoms with van der Waals surface area (Å²) in [6.07, 6.45) is 8.22. The fraction of sp³-hybridized carbons (Fsp3) is 0.300. The highest BCUT2D eigenvalue weighted by Gasteiger charge is 2.01. The maximum atomic E-state index is 11.0. The van der Waals surface area contributed by atoms with E-state index in [1.807, 2.05) is 18.2 Å². The summed E-state index contributed by atoms with van der Waals surface area (Å²) in [5.41, 5.74) is 0.771. The molecule has 4 nitrogen and oxygen atoms in total. The van der Waals surface area contributed by atoms with Gasteiger partial charge >= 0.3 is 6.03 Å². The number of carbonyl (C=O) groups is 1. The van der Waals surface area contributed by atoms with Gasteiger partial charge in [0.25, 0.3) is 0 Å². The topological polar surface area (TPSA) is 50.4 Å². The van der Waals surface area contributed by atoms with Crippen molar-refractivity contribution in [2.75, 3.05) is 14.2 Å². The number of rotatable bonds is 2. The van der Waals surface area contributed by atoms with Crippen molar-refractivity contribution in [3.63, 3.8) is 0 Å². The molecule has 2 amide bonds. The van der Waals surface area contributed by atoms with Gasteiger partial charge in [0, 0.05) is 12.7 Å². The van der Waals surface area contributed by atoms with Gasteiger partial charge in [-0.15, -0.1) is 0 Å². The normalized spacial score (nSPS) is 15.0. The highest BCUT2D eigenvalue weighted by molar-refractivity contribution is 5.76. The van der Waals surface area contributed by atoms with Gasteiger partial charge in [0.2, 0.25) is 0 Å². The molecule has 0 saturated carbocycles. The number of methoxy groups -OCH3 is 1. The molecular formula is C10H14N2O2. The summed E-state index contributed by atoms with van der Waals surface area (Å²) in [5, 5.41) is 5.17. The molecule has 14 heavy (non-hydrogen) atoms. The van der Waals surface area contributed by atoms with Gasteiger partial charge in [0.1, 0.15) is 5.76 Å². The van der Waals surface area contributed by atoms with Crippen molar-refractivity contribution in [2.45, 2.75) is 6.42 Å². The van der Waals surface area contributed by atoms with Crippen LogP contribution in [0.15, 0.2) is 35.8 Å². The third kappa shape index (κ3) is 2.97. The number of ether oxygens (including phenoxy) is 1. The molecule has 76 valence electrons. The second-order valence-electron chi connectivity index (χ2n) is 2.74. The summed E-state index contributed by atoms with van der Waals surface area (Å²) >= 11 is 0. The van der Waals surface area contributed by atoms with Crippen LogP contribution in [0.25, 0.3) is 0 Å². The van der Waals surface area contributed by atoms with Crippen LogP contribution >= 0.6 is 0 Å². The molecule has 0 atom stereocenters. The highest BCUT2D eigenvalue weighted by atomic mass is 16.5. The van der Waals surface area contributed by atoms with Crippen LogP contribution in [0.4, 0.5) is 4.79 Å². The summed E-state index contributed by atoms with van der Waals surface area (Å²) < 4.78 is 5.06. The predicted molar refractivity (Wildman–Crippen MR) is 54.5 cm³/mol. The van der Waals surface area contributed by atoms with Crippen LogP contribution in [0.5, 0.6) is 0 Å². The van der Waals surface area contributed by atoms with Gasteiger partial charge in [0.05, 0.1) is 7.11 Å². The van der Waals surface area contributed by atoms with Crippen molar-refractivity contribution in [3.05, 3.63) is 35.8 Å². The molecule has 0 aromatic heterocycles. The van der Waals surface area contributed by atoms with E-state index in [1.54, 1.807) is 20.2 Å². The lowest BCUT2D eigenvalue weighted by atomic mass is 10.3. The Morgan fingerprint density at radius 3 is 2.86 bits per heavy atom. The lowest BCUT2D eigenvalue weighted by molar-refractivity contribution is 0.245. The molecule has 4 heteroatoms. The molecule has 0 heterocycles. The first-order chi connectivity index (χ1) is 6.76. The average molecular weight is 194 g/mol. The Morgan fingerprint density at radius 1 is 1.43 bits per heavy atom. The second kappa shape index (κ2) is 5.11. The van der Waals surface area contributed by atoms with Gasteiger partial charge in [-0.25, -0.2) is 4.79 Å². The first kappa shape index (κ1) is 10.4. The van der Waals surface area contributed by atoms with Gasteiger partial charge in [-0.2, -0.15) is 0 Å². The molecule has 0 radical (unpaired) electrons. The Hall–Kier alpha value is -1.71. The van der Waals surface area contributed by atoms with Gasteiger partial charge in [-0.05, 0) is 24.6 Å². The molecule has 1 rings (SSSR count). The van der Waals surface area contributed by atoms with Gasteiger partial charge in [-0.1, -0.05) is 6.08 Å². The van der Waals surface area contributed by atoms with E-state index in [0.717, 1.165) is 17.9 Å². The van der Waals surface area contributed by atoms with Crippen LogP contribution in [0.3, 0.4) is 0 Å². The summed E-state index contributed by atoms with van der Waals surface area (Å²) in [4.78, 5) is 11.0. The third-order valence-electron chi connectivity index (χ3n) is 1.80. The van der Waals surface area contributed by atoms with E-state index in [4.69, 9.17) is 4.74 Å². The maximum Gasteiger partial charge on any atom is 0.318 e. The van der Waals surface area contributed by atoms with Crippen molar-refractivity contribution in [2.24, 2.45) is 0 Å². The molecule has 0 aliphatic heterocycles. The van der Waals surface area contributed by atoms with Crippen LogP contribution in [0, 0.1) is 0 Å². The second-order valence-corrected chi connectivity index (χ2v) is 2.74. The summed E-state index contributed by atoms with van der Waals surface area (Å²) in [5.74, 6) is 0.801. The lowest BCUT2D eigenvalue weighted by Crippen LogP contribution is -2.31. The lowest BCUT2D eigenvalue weighted by Gasteiger charge is -2.03. The molecule has 1 aliphatic rings. The molecule has 1 aliphatic carbocycles. The molecule has 0 saturated heterocycles. The van der Waals surface area contributed by atoms with E-state index in [1.165, 1.54) is 0 Å². The zero-order valence-electron chi connectivity index (χ0n) is 8.33. The first-order valence-electron chi connectivity index (χ1n) is 4.37. The average Bonchev–Trinajstić information content (AvgIpc) is 2.43. The van der Waals surface area contributed by atoms with E-state index >= 15 is 0 Å². The Labute approximate surface area is 83.3 Å². The molecule has 0 aromatic rings. The fourth-order valence-electron chi connectivity index (χ4n) is 1.05. The minimum atomic E-state index is -0.221. The van der Waals surface area contributed by atoms with Crippen molar-refractivity contribution in [1.82, 2.24) is 10.6 Å². The third-order valence-corrected chi connectivity index (χ3v) is 1.80. The number of hydrogen-bond acceptors (Lipinski definition) is 2. The van der Waals surface area contributed by atoms with Crippen molar-refractivity contribution in [3.8, 4) is 0 Å². The maximum absolute atomic E-state index is 11.0. The minimum Gasteiger partial charge on any atom is -0.497 e. The molecule has 2 N–H and O–H groups in total.